The smallest absolute Gasteiger partial charge is 0.0589 e. The van der Waals surface area contributed by atoms with Gasteiger partial charge < -0.3 is 10.5 Å². The molecule has 1 aliphatic heterocycles. The summed E-state index contributed by atoms with van der Waals surface area (Å²) < 4.78 is 5.01. The third-order valence-electron chi connectivity index (χ3n) is 3.04. The fourth-order valence-electron chi connectivity index (χ4n) is 2.08. The number of ether oxygens (including phenoxy) is 1. The summed E-state index contributed by atoms with van der Waals surface area (Å²) in [6, 6.07) is 0. The molecule has 0 unspecified atom stereocenters. The summed E-state index contributed by atoms with van der Waals surface area (Å²) in [7, 11) is 1.75. The van der Waals surface area contributed by atoms with Crippen molar-refractivity contribution in [2.24, 2.45) is 11.7 Å². The van der Waals surface area contributed by atoms with E-state index in [1.807, 2.05) is 0 Å². The second kappa shape index (κ2) is 2.98. The minimum atomic E-state index is 0.174. The maximum Gasteiger partial charge on any atom is 0.0589 e. The molecule has 0 amide bonds. The maximum atomic E-state index is 6.19. The highest BCUT2D eigenvalue weighted by Crippen LogP contribution is 2.42. The van der Waals surface area contributed by atoms with Gasteiger partial charge in [-0.25, -0.2) is 0 Å². The van der Waals surface area contributed by atoms with Crippen LogP contribution in [0.3, 0.4) is 0 Å². The molecule has 1 aliphatic carbocycles. The van der Waals surface area contributed by atoms with Crippen LogP contribution in [-0.4, -0.2) is 43.8 Å². The molecule has 3 nitrogen and oxygen atoms in total. The Morgan fingerprint density at radius 3 is 2.67 bits per heavy atom. The summed E-state index contributed by atoms with van der Waals surface area (Å²) in [4.78, 5) is 2.38. The molecule has 0 aromatic carbocycles. The van der Waals surface area contributed by atoms with Crippen LogP contribution in [0.2, 0.25) is 0 Å². The predicted molar refractivity (Wildman–Crippen MR) is 48.0 cm³/mol. The van der Waals surface area contributed by atoms with Crippen LogP contribution in [0.25, 0.3) is 0 Å². The lowest BCUT2D eigenvalue weighted by Gasteiger charge is -2.48. The lowest BCUT2D eigenvalue weighted by atomic mass is 9.86. The summed E-state index contributed by atoms with van der Waals surface area (Å²) in [5, 5.41) is 0. The van der Waals surface area contributed by atoms with E-state index in [0.29, 0.717) is 0 Å². The summed E-state index contributed by atoms with van der Waals surface area (Å²) in [6.45, 7) is 4.05. The van der Waals surface area contributed by atoms with Gasteiger partial charge in [-0.15, -0.1) is 0 Å². The van der Waals surface area contributed by atoms with Gasteiger partial charge in [0.15, 0.2) is 0 Å². The lowest BCUT2D eigenvalue weighted by molar-refractivity contribution is 0.0320. The van der Waals surface area contributed by atoms with Crippen LogP contribution in [0.5, 0.6) is 0 Å². The minimum absolute atomic E-state index is 0.174. The van der Waals surface area contributed by atoms with Gasteiger partial charge in [0.2, 0.25) is 0 Å². The third-order valence-corrected chi connectivity index (χ3v) is 3.04. The molecule has 0 bridgehead atoms. The Balaban J connectivity index is 1.68. The van der Waals surface area contributed by atoms with Crippen molar-refractivity contribution < 1.29 is 4.74 Å². The minimum Gasteiger partial charge on any atom is -0.383 e. The molecule has 2 aliphatic rings. The molecule has 0 aromatic rings. The van der Waals surface area contributed by atoms with Crippen LogP contribution in [0.1, 0.15) is 12.8 Å². The van der Waals surface area contributed by atoms with Crippen molar-refractivity contribution in [1.29, 1.82) is 0 Å². The van der Waals surface area contributed by atoms with Crippen LogP contribution < -0.4 is 5.73 Å². The molecule has 3 heteroatoms. The normalized spacial score (nSPS) is 28.5. The number of methoxy groups -OCH3 is 1. The highest BCUT2D eigenvalue weighted by molar-refractivity contribution is 5.08. The van der Waals surface area contributed by atoms with Gasteiger partial charge in [0.1, 0.15) is 0 Å². The molecule has 0 spiro atoms. The molecule has 0 aromatic heterocycles. The largest absolute Gasteiger partial charge is 0.383 e. The number of likely N-dealkylation sites (tertiary alicyclic amines) is 1. The molecule has 2 rings (SSSR count). The molecule has 1 saturated heterocycles. The quantitative estimate of drug-likeness (QED) is 0.648. The number of rotatable bonds is 4. The van der Waals surface area contributed by atoms with Gasteiger partial charge >= 0.3 is 0 Å². The van der Waals surface area contributed by atoms with Crippen LogP contribution in [-0.2, 0) is 4.74 Å². The third kappa shape index (κ3) is 1.49. The monoisotopic (exact) mass is 170 g/mol. The van der Waals surface area contributed by atoms with Gasteiger partial charge in [-0.05, 0) is 18.8 Å². The van der Waals surface area contributed by atoms with Crippen molar-refractivity contribution in [2.75, 3.05) is 33.4 Å². The van der Waals surface area contributed by atoms with Crippen molar-refractivity contribution in [2.45, 2.75) is 18.4 Å². The first-order valence-electron chi connectivity index (χ1n) is 4.75. The van der Waals surface area contributed by atoms with Crippen molar-refractivity contribution in [3.63, 3.8) is 0 Å². The zero-order chi connectivity index (χ0) is 8.60. The van der Waals surface area contributed by atoms with Gasteiger partial charge in [0.25, 0.3) is 0 Å². The van der Waals surface area contributed by atoms with E-state index in [-0.39, 0.29) is 5.54 Å². The average molecular weight is 170 g/mol. The Bertz CT molecular complexity index is 162. The Morgan fingerprint density at radius 2 is 2.17 bits per heavy atom. The van der Waals surface area contributed by atoms with Gasteiger partial charge in [-0.1, -0.05) is 0 Å². The van der Waals surface area contributed by atoms with Crippen molar-refractivity contribution in [3.05, 3.63) is 0 Å². The molecule has 2 N–H and O–H groups in total. The van der Waals surface area contributed by atoms with E-state index in [0.717, 1.165) is 32.2 Å². The highest BCUT2D eigenvalue weighted by Gasteiger charge is 2.49. The Labute approximate surface area is 73.9 Å². The zero-order valence-corrected chi connectivity index (χ0v) is 7.75. The van der Waals surface area contributed by atoms with Crippen molar-refractivity contribution in [1.82, 2.24) is 4.90 Å². The number of hydrogen-bond acceptors (Lipinski definition) is 3. The van der Waals surface area contributed by atoms with Gasteiger partial charge in [-0.2, -0.15) is 0 Å². The predicted octanol–water partition coefficient (Wildman–Crippen LogP) is 0.0559. The second-order valence-corrected chi connectivity index (χ2v) is 4.21. The topological polar surface area (TPSA) is 38.5 Å². The standard InChI is InChI=1S/C9H18N2O/c1-12-5-4-11-6-9(10,7-11)8-2-3-8/h8H,2-7,10H2,1H3. The molecule has 70 valence electrons. The maximum absolute atomic E-state index is 6.19. The zero-order valence-electron chi connectivity index (χ0n) is 7.75. The summed E-state index contributed by atoms with van der Waals surface area (Å²) >= 11 is 0. The second-order valence-electron chi connectivity index (χ2n) is 4.21. The highest BCUT2D eigenvalue weighted by atomic mass is 16.5. The molecule has 1 heterocycles. The molecule has 1 saturated carbocycles. The van der Waals surface area contributed by atoms with E-state index in [1.165, 1.54) is 12.8 Å². The van der Waals surface area contributed by atoms with Crippen LogP contribution in [0, 0.1) is 5.92 Å². The summed E-state index contributed by atoms with van der Waals surface area (Å²) in [5.41, 5.74) is 6.36. The number of hydrogen-bond donors (Lipinski definition) is 1. The van der Waals surface area contributed by atoms with E-state index in [2.05, 4.69) is 4.90 Å². The van der Waals surface area contributed by atoms with Gasteiger partial charge in [0.05, 0.1) is 6.61 Å². The SMILES string of the molecule is COCCN1CC(N)(C2CC2)C1. The van der Waals surface area contributed by atoms with E-state index in [1.54, 1.807) is 7.11 Å². The van der Waals surface area contributed by atoms with Gasteiger partial charge in [-0.3, -0.25) is 4.90 Å². The first-order valence-corrected chi connectivity index (χ1v) is 4.75. The molecular weight excluding hydrogens is 152 g/mol. The van der Waals surface area contributed by atoms with Gasteiger partial charge in [0, 0.05) is 32.3 Å². The number of nitrogens with two attached hydrogens (primary N) is 1. The lowest BCUT2D eigenvalue weighted by Crippen LogP contribution is -2.68. The van der Waals surface area contributed by atoms with Crippen molar-refractivity contribution >= 4 is 0 Å². The fraction of sp³-hybridized carbons (Fsp3) is 1.00. The van der Waals surface area contributed by atoms with E-state index < -0.39 is 0 Å². The Morgan fingerprint density at radius 1 is 1.50 bits per heavy atom. The summed E-state index contributed by atoms with van der Waals surface area (Å²) in [6.07, 6.45) is 2.71. The van der Waals surface area contributed by atoms with Crippen LogP contribution >= 0.6 is 0 Å². The van der Waals surface area contributed by atoms with E-state index >= 15 is 0 Å². The molecular formula is C9H18N2O. The first kappa shape index (κ1) is 8.48. The molecule has 2 fully saturated rings. The molecule has 12 heavy (non-hydrogen) atoms. The summed E-state index contributed by atoms with van der Waals surface area (Å²) in [5.74, 6) is 0.830. The Kier molecular flexibility index (Phi) is 2.10. The van der Waals surface area contributed by atoms with Crippen molar-refractivity contribution in [3.8, 4) is 0 Å². The molecule has 0 radical (unpaired) electrons. The number of nitrogens with zero attached hydrogens (tertiary/aromatic N) is 1. The van der Waals surface area contributed by atoms with E-state index in [9.17, 15) is 0 Å². The average Bonchev–Trinajstić information content (AvgIpc) is 2.77. The fourth-order valence-corrected chi connectivity index (χ4v) is 2.08. The van der Waals surface area contributed by atoms with Crippen LogP contribution in [0.15, 0.2) is 0 Å². The first-order chi connectivity index (χ1) is 5.74. The van der Waals surface area contributed by atoms with E-state index in [4.69, 9.17) is 10.5 Å². The van der Waals surface area contributed by atoms with Crippen LogP contribution in [0.4, 0.5) is 0 Å². The molecule has 0 atom stereocenters. The Hall–Kier alpha value is -0.120.